The highest BCUT2D eigenvalue weighted by Crippen LogP contribution is 2.29. The first-order valence-electron chi connectivity index (χ1n) is 12.4. The number of carboxylic acids is 1. The minimum atomic E-state index is -0.770. The zero-order chi connectivity index (χ0) is 21.6. The van der Waals surface area contributed by atoms with Gasteiger partial charge in [0.05, 0.1) is 13.1 Å². The number of piperazine rings is 1. The van der Waals surface area contributed by atoms with Crippen LogP contribution in [-0.2, 0) is 9.53 Å². The number of amides is 1. The van der Waals surface area contributed by atoms with Gasteiger partial charge in [0.25, 0.3) is 0 Å². The molecule has 3 heterocycles. The number of hydrogen-bond donors (Lipinski definition) is 1. The molecule has 1 aliphatic carbocycles. The number of rotatable bonds is 9. The van der Waals surface area contributed by atoms with Gasteiger partial charge in [0.2, 0.25) is 0 Å². The van der Waals surface area contributed by atoms with Gasteiger partial charge in [0.1, 0.15) is 6.10 Å². The van der Waals surface area contributed by atoms with Crippen LogP contribution < -0.4 is 0 Å². The molecule has 3 saturated heterocycles. The number of carbonyl (C=O) groups excluding carboxylic acids is 1. The Kier molecular flexibility index (Phi) is 8.07. The average molecular weight is 437 g/mol. The van der Waals surface area contributed by atoms with Crippen molar-refractivity contribution >= 4 is 12.1 Å². The van der Waals surface area contributed by atoms with Gasteiger partial charge in [0.15, 0.2) is 0 Å². The van der Waals surface area contributed by atoms with Gasteiger partial charge in [-0.1, -0.05) is 12.8 Å². The summed E-state index contributed by atoms with van der Waals surface area (Å²) in [5.41, 5.74) is 0. The summed E-state index contributed by atoms with van der Waals surface area (Å²) in [7, 11) is 0. The van der Waals surface area contributed by atoms with Crippen LogP contribution in [0.5, 0.6) is 0 Å². The lowest BCUT2D eigenvalue weighted by Crippen LogP contribution is -2.50. The normalized spacial score (nSPS) is 27.8. The predicted molar refractivity (Wildman–Crippen MR) is 118 cm³/mol. The molecule has 1 amide bonds. The largest absolute Gasteiger partial charge is 0.480 e. The first-order valence-corrected chi connectivity index (χ1v) is 12.4. The van der Waals surface area contributed by atoms with Crippen molar-refractivity contribution < 1.29 is 19.4 Å². The van der Waals surface area contributed by atoms with Gasteiger partial charge in [-0.3, -0.25) is 14.6 Å². The summed E-state index contributed by atoms with van der Waals surface area (Å²) in [5.74, 6) is 0.0438. The van der Waals surface area contributed by atoms with Gasteiger partial charge in [-0.05, 0) is 57.5 Å². The van der Waals surface area contributed by atoms with Crippen LogP contribution in [0.2, 0.25) is 0 Å². The second-order valence-electron chi connectivity index (χ2n) is 9.98. The Bertz CT molecular complexity index is 596. The Balaban J connectivity index is 1.09. The number of carboxylic acid groups (broad SMARTS) is 1. The molecule has 0 bridgehead atoms. The van der Waals surface area contributed by atoms with E-state index in [1.54, 1.807) is 0 Å². The molecule has 8 heteroatoms. The Morgan fingerprint density at radius 2 is 1.65 bits per heavy atom. The number of aliphatic carboxylic acids is 1. The van der Waals surface area contributed by atoms with Crippen LogP contribution in [-0.4, -0.2) is 114 Å². The maximum atomic E-state index is 12.3. The molecule has 0 aromatic heterocycles. The van der Waals surface area contributed by atoms with Crippen molar-refractivity contribution in [3.05, 3.63) is 0 Å². The Hall–Kier alpha value is -1.38. The summed E-state index contributed by atoms with van der Waals surface area (Å²) in [6, 6.07) is 0.859. The van der Waals surface area contributed by atoms with Crippen LogP contribution in [0.15, 0.2) is 0 Å². The number of hydrogen-bond acceptors (Lipinski definition) is 6. The summed E-state index contributed by atoms with van der Waals surface area (Å²) in [4.78, 5) is 32.0. The molecule has 4 fully saturated rings. The zero-order valence-electron chi connectivity index (χ0n) is 18.9. The molecule has 4 aliphatic rings. The average Bonchev–Trinajstić information content (AvgIpc) is 3.40. The molecule has 31 heavy (non-hydrogen) atoms. The van der Waals surface area contributed by atoms with Crippen molar-refractivity contribution in [3.8, 4) is 0 Å². The monoisotopic (exact) mass is 436 g/mol. The first kappa shape index (κ1) is 22.8. The van der Waals surface area contributed by atoms with Crippen LogP contribution >= 0.6 is 0 Å². The van der Waals surface area contributed by atoms with Crippen molar-refractivity contribution in [1.82, 2.24) is 19.6 Å². The maximum absolute atomic E-state index is 12.3. The topological polar surface area (TPSA) is 76.6 Å². The quantitative estimate of drug-likeness (QED) is 0.592. The highest BCUT2D eigenvalue weighted by Gasteiger charge is 2.33. The third-order valence-corrected chi connectivity index (χ3v) is 7.77. The standard InChI is InChI=1S/C23H40N4O4/c28-22(29)18-25-14-12-24(13-15-25)16-21-17-27(23(30)31-21)9-3-4-19-7-10-26(11-8-19)20-5-1-2-6-20/h19-21H,1-18H2,(H,28,29). The summed E-state index contributed by atoms with van der Waals surface area (Å²) in [6.45, 7) is 8.08. The molecule has 0 radical (unpaired) electrons. The van der Waals surface area contributed by atoms with E-state index in [2.05, 4.69) is 9.80 Å². The molecule has 0 spiro atoms. The zero-order valence-corrected chi connectivity index (χ0v) is 18.9. The molecule has 1 unspecified atom stereocenters. The van der Waals surface area contributed by atoms with Crippen molar-refractivity contribution in [3.63, 3.8) is 0 Å². The van der Waals surface area contributed by atoms with Crippen LogP contribution in [0.4, 0.5) is 4.79 Å². The molecule has 8 nitrogen and oxygen atoms in total. The van der Waals surface area contributed by atoms with E-state index in [1.807, 2.05) is 9.80 Å². The Labute approximate surface area is 186 Å². The third-order valence-electron chi connectivity index (χ3n) is 7.77. The highest BCUT2D eigenvalue weighted by molar-refractivity contribution is 5.70. The fourth-order valence-corrected chi connectivity index (χ4v) is 5.91. The fourth-order valence-electron chi connectivity index (χ4n) is 5.91. The van der Waals surface area contributed by atoms with Crippen molar-refractivity contribution in [2.24, 2.45) is 5.92 Å². The van der Waals surface area contributed by atoms with Gasteiger partial charge in [-0.25, -0.2) is 4.79 Å². The van der Waals surface area contributed by atoms with Crippen molar-refractivity contribution in [2.45, 2.75) is 63.5 Å². The highest BCUT2D eigenvalue weighted by atomic mass is 16.6. The lowest BCUT2D eigenvalue weighted by atomic mass is 9.91. The minimum absolute atomic E-state index is 0.0619. The number of cyclic esters (lactones) is 1. The lowest BCUT2D eigenvalue weighted by molar-refractivity contribution is -0.138. The predicted octanol–water partition coefficient (Wildman–Crippen LogP) is 1.94. The number of likely N-dealkylation sites (tertiary alicyclic amines) is 1. The fraction of sp³-hybridized carbons (Fsp3) is 0.913. The Morgan fingerprint density at radius 3 is 2.32 bits per heavy atom. The van der Waals surface area contributed by atoms with E-state index in [9.17, 15) is 9.59 Å². The summed E-state index contributed by atoms with van der Waals surface area (Å²) in [5, 5.41) is 8.91. The van der Waals surface area contributed by atoms with Crippen LogP contribution in [0, 0.1) is 5.92 Å². The number of nitrogens with zero attached hydrogens (tertiary/aromatic N) is 4. The van der Waals surface area contributed by atoms with Gasteiger partial charge >= 0.3 is 12.1 Å². The van der Waals surface area contributed by atoms with Crippen molar-refractivity contribution in [2.75, 3.05) is 65.4 Å². The molecule has 0 aromatic rings. The van der Waals surface area contributed by atoms with E-state index in [4.69, 9.17) is 9.84 Å². The molecule has 3 aliphatic heterocycles. The molecule has 1 saturated carbocycles. The summed E-state index contributed by atoms with van der Waals surface area (Å²) in [6.07, 6.45) is 10.3. The van der Waals surface area contributed by atoms with Gasteiger partial charge in [0, 0.05) is 45.3 Å². The third kappa shape index (κ3) is 6.56. The Morgan fingerprint density at radius 1 is 0.968 bits per heavy atom. The molecule has 1 atom stereocenters. The molecule has 1 N–H and O–H groups in total. The second kappa shape index (κ2) is 11.0. The van der Waals surface area contributed by atoms with Gasteiger partial charge in [-0.2, -0.15) is 0 Å². The van der Waals surface area contributed by atoms with E-state index in [0.717, 1.165) is 57.6 Å². The maximum Gasteiger partial charge on any atom is 0.410 e. The van der Waals surface area contributed by atoms with Gasteiger partial charge in [-0.15, -0.1) is 0 Å². The van der Waals surface area contributed by atoms with Crippen molar-refractivity contribution in [1.29, 1.82) is 0 Å². The summed E-state index contributed by atoms with van der Waals surface area (Å²) >= 11 is 0. The van der Waals surface area contributed by atoms with Gasteiger partial charge < -0.3 is 19.6 Å². The van der Waals surface area contributed by atoms with E-state index >= 15 is 0 Å². The van der Waals surface area contributed by atoms with E-state index < -0.39 is 5.97 Å². The van der Waals surface area contributed by atoms with E-state index in [1.165, 1.54) is 58.0 Å². The SMILES string of the molecule is O=C(O)CN1CCN(CC2CN(CCCC3CCN(C4CCCC4)CC3)C(=O)O2)CC1. The summed E-state index contributed by atoms with van der Waals surface area (Å²) < 4.78 is 5.61. The molecule has 176 valence electrons. The van der Waals surface area contributed by atoms with E-state index in [-0.39, 0.29) is 18.7 Å². The molecule has 0 aromatic carbocycles. The van der Waals surface area contributed by atoms with E-state index in [0.29, 0.717) is 6.54 Å². The minimum Gasteiger partial charge on any atom is -0.480 e. The van der Waals surface area contributed by atoms with Crippen LogP contribution in [0.3, 0.4) is 0 Å². The molecular formula is C23H40N4O4. The molecular weight excluding hydrogens is 396 g/mol. The first-order chi connectivity index (χ1) is 15.1. The van der Waals surface area contributed by atoms with Crippen LogP contribution in [0.25, 0.3) is 0 Å². The smallest absolute Gasteiger partial charge is 0.410 e. The second-order valence-corrected chi connectivity index (χ2v) is 9.98. The lowest BCUT2D eigenvalue weighted by Gasteiger charge is -2.36. The van der Waals surface area contributed by atoms with Crippen LogP contribution in [0.1, 0.15) is 51.4 Å². The number of carbonyl (C=O) groups is 2. The number of ether oxygens (including phenoxy) is 1. The molecule has 4 rings (SSSR count). The number of piperidine rings is 1.